The molecule has 1 unspecified atom stereocenters. The fraction of sp³-hybridized carbons (Fsp3) is 0.867. The monoisotopic (exact) mass is 296 g/mol. The maximum atomic E-state index is 12.3. The van der Waals surface area contributed by atoms with Crippen molar-refractivity contribution in [1.29, 1.82) is 0 Å². The second-order valence-electron chi connectivity index (χ2n) is 6.36. The third kappa shape index (κ3) is 4.09. The van der Waals surface area contributed by atoms with Gasteiger partial charge in [0.2, 0.25) is 5.91 Å². The predicted molar refractivity (Wildman–Crippen MR) is 82.1 cm³/mol. The number of hydrogen-bond donors (Lipinski definition) is 1. The maximum Gasteiger partial charge on any atom is 0.319 e. The number of nitrogens with zero attached hydrogens (tertiary/aromatic N) is 3. The van der Waals surface area contributed by atoms with Crippen LogP contribution in [0.1, 0.15) is 32.6 Å². The molecule has 6 nitrogen and oxygen atoms in total. The SMILES string of the molecule is CC(NC1CCN(C(=O)N(C)C)CC1)C(=O)N1CCCC1. The van der Waals surface area contributed by atoms with E-state index in [0.29, 0.717) is 6.04 Å². The van der Waals surface area contributed by atoms with Crippen LogP contribution < -0.4 is 5.32 Å². The largest absolute Gasteiger partial charge is 0.341 e. The van der Waals surface area contributed by atoms with Crippen molar-refractivity contribution in [3.8, 4) is 0 Å². The van der Waals surface area contributed by atoms with Crippen molar-refractivity contribution in [2.45, 2.75) is 44.7 Å². The van der Waals surface area contributed by atoms with Crippen molar-refractivity contribution in [3.63, 3.8) is 0 Å². The minimum Gasteiger partial charge on any atom is -0.341 e. The van der Waals surface area contributed by atoms with Gasteiger partial charge in [-0.2, -0.15) is 0 Å². The molecule has 0 bridgehead atoms. The van der Waals surface area contributed by atoms with Gasteiger partial charge < -0.3 is 20.0 Å². The normalized spacial score (nSPS) is 21.5. The van der Waals surface area contributed by atoms with Crippen molar-refractivity contribution in [2.24, 2.45) is 0 Å². The molecule has 1 N–H and O–H groups in total. The molecule has 0 spiro atoms. The number of nitrogens with one attached hydrogen (secondary N) is 1. The first-order valence-corrected chi connectivity index (χ1v) is 8.00. The number of hydrogen-bond acceptors (Lipinski definition) is 3. The van der Waals surface area contributed by atoms with E-state index < -0.39 is 0 Å². The van der Waals surface area contributed by atoms with Crippen molar-refractivity contribution < 1.29 is 9.59 Å². The van der Waals surface area contributed by atoms with Crippen molar-refractivity contribution in [2.75, 3.05) is 40.3 Å². The van der Waals surface area contributed by atoms with Gasteiger partial charge in [0.05, 0.1) is 6.04 Å². The number of carbonyl (C=O) groups excluding carboxylic acids is 2. The van der Waals surface area contributed by atoms with E-state index >= 15 is 0 Å². The molecule has 0 aromatic carbocycles. The molecule has 0 aromatic heterocycles. The third-order valence-electron chi connectivity index (χ3n) is 4.42. The Morgan fingerprint density at radius 2 is 1.62 bits per heavy atom. The van der Waals surface area contributed by atoms with Gasteiger partial charge in [-0.15, -0.1) is 0 Å². The lowest BCUT2D eigenvalue weighted by Gasteiger charge is -2.35. The van der Waals surface area contributed by atoms with Crippen LogP contribution in [-0.4, -0.2) is 79.0 Å². The zero-order valence-electron chi connectivity index (χ0n) is 13.5. The average molecular weight is 296 g/mol. The fourth-order valence-corrected chi connectivity index (χ4v) is 3.16. The molecule has 3 amide bonds. The summed E-state index contributed by atoms with van der Waals surface area (Å²) in [5, 5.41) is 3.44. The first-order valence-electron chi connectivity index (χ1n) is 8.00. The molecule has 6 heteroatoms. The Labute approximate surface area is 127 Å². The lowest BCUT2D eigenvalue weighted by molar-refractivity contribution is -0.132. The number of amides is 3. The van der Waals surface area contributed by atoms with Crippen LogP contribution in [0, 0.1) is 0 Å². The van der Waals surface area contributed by atoms with Crippen LogP contribution in [0.5, 0.6) is 0 Å². The lowest BCUT2D eigenvalue weighted by atomic mass is 10.0. The molecule has 2 fully saturated rings. The summed E-state index contributed by atoms with van der Waals surface area (Å²) in [5.74, 6) is 0.222. The summed E-state index contributed by atoms with van der Waals surface area (Å²) in [6.45, 7) is 5.29. The number of carbonyl (C=O) groups is 2. The third-order valence-corrected chi connectivity index (χ3v) is 4.42. The smallest absolute Gasteiger partial charge is 0.319 e. The van der Waals surface area contributed by atoms with E-state index in [1.54, 1.807) is 19.0 Å². The number of piperidine rings is 1. The van der Waals surface area contributed by atoms with Crippen LogP contribution in [-0.2, 0) is 4.79 Å². The first kappa shape index (κ1) is 16.1. The van der Waals surface area contributed by atoms with E-state index in [4.69, 9.17) is 0 Å². The standard InChI is InChI=1S/C15H28N4O2/c1-12(14(20)18-8-4-5-9-18)16-13-6-10-19(11-7-13)15(21)17(2)3/h12-13,16H,4-11H2,1-3H3. The molecule has 2 aliphatic heterocycles. The Kier molecular flexibility index (Phi) is 5.45. The van der Waals surface area contributed by atoms with Crippen LogP contribution in [0.2, 0.25) is 0 Å². The molecular weight excluding hydrogens is 268 g/mol. The minimum atomic E-state index is -0.121. The van der Waals surface area contributed by atoms with E-state index in [1.807, 2.05) is 16.7 Å². The number of rotatable bonds is 3. The number of likely N-dealkylation sites (tertiary alicyclic amines) is 2. The second kappa shape index (κ2) is 7.11. The van der Waals surface area contributed by atoms with Crippen LogP contribution in [0.15, 0.2) is 0 Å². The summed E-state index contributed by atoms with van der Waals surface area (Å²) in [6, 6.07) is 0.289. The van der Waals surface area contributed by atoms with Crippen molar-refractivity contribution in [1.82, 2.24) is 20.0 Å². The van der Waals surface area contributed by atoms with Gasteiger partial charge in [-0.1, -0.05) is 0 Å². The average Bonchev–Trinajstić information content (AvgIpc) is 3.00. The quantitative estimate of drug-likeness (QED) is 0.835. The molecule has 21 heavy (non-hydrogen) atoms. The van der Waals surface area contributed by atoms with Crippen LogP contribution in [0.4, 0.5) is 4.79 Å². The van der Waals surface area contributed by atoms with E-state index in [1.165, 1.54) is 0 Å². The van der Waals surface area contributed by atoms with Gasteiger partial charge in [0.1, 0.15) is 0 Å². The van der Waals surface area contributed by atoms with E-state index in [0.717, 1.165) is 51.9 Å². The maximum absolute atomic E-state index is 12.3. The molecule has 0 radical (unpaired) electrons. The van der Waals surface area contributed by atoms with Crippen LogP contribution >= 0.6 is 0 Å². The van der Waals surface area contributed by atoms with E-state index in [-0.39, 0.29) is 18.0 Å². The Morgan fingerprint density at radius 1 is 1.05 bits per heavy atom. The van der Waals surface area contributed by atoms with Gasteiger partial charge in [-0.05, 0) is 32.6 Å². The summed E-state index contributed by atoms with van der Waals surface area (Å²) in [5.41, 5.74) is 0. The zero-order valence-corrected chi connectivity index (χ0v) is 13.5. The molecule has 2 aliphatic rings. The molecule has 0 aromatic rings. The highest BCUT2D eigenvalue weighted by atomic mass is 16.2. The van der Waals surface area contributed by atoms with E-state index in [9.17, 15) is 9.59 Å². The topological polar surface area (TPSA) is 55.9 Å². The molecule has 2 rings (SSSR count). The minimum absolute atomic E-state index is 0.0784. The highest BCUT2D eigenvalue weighted by Gasteiger charge is 2.28. The molecule has 2 heterocycles. The summed E-state index contributed by atoms with van der Waals surface area (Å²) in [6.07, 6.45) is 4.08. The van der Waals surface area contributed by atoms with Crippen LogP contribution in [0.25, 0.3) is 0 Å². The Hall–Kier alpha value is -1.30. The summed E-state index contributed by atoms with van der Waals surface area (Å²) in [4.78, 5) is 29.6. The van der Waals surface area contributed by atoms with Crippen molar-refractivity contribution in [3.05, 3.63) is 0 Å². The second-order valence-corrected chi connectivity index (χ2v) is 6.36. The summed E-state index contributed by atoms with van der Waals surface area (Å²) >= 11 is 0. The lowest BCUT2D eigenvalue weighted by Crippen LogP contribution is -2.52. The molecule has 0 aliphatic carbocycles. The van der Waals surface area contributed by atoms with Gasteiger partial charge in [0, 0.05) is 46.3 Å². The zero-order chi connectivity index (χ0) is 15.4. The van der Waals surface area contributed by atoms with Gasteiger partial charge in [0.15, 0.2) is 0 Å². The Balaban J connectivity index is 1.75. The molecule has 120 valence electrons. The summed E-state index contributed by atoms with van der Waals surface area (Å²) < 4.78 is 0. The fourth-order valence-electron chi connectivity index (χ4n) is 3.16. The van der Waals surface area contributed by atoms with Gasteiger partial charge >= 0.3 is 6.03 Å². The Bertz CT molecular complexity index is 372. The Morgan fingerprint density at radius 3 is 2.14 bits per heavy atom. The highest BCUT2D eigenvalue weighted by molar-refractivity contribution is 5.81. The predicted octanol–water partition coefficient (Wildman–Crippen LogP) is 0.733. The summed E-state index contributed by atoms with van der Waals surface area (Å²) in [7, 11) is 3.56. The van der Waals surface area contributed by atoms with Crippen molar-refractivity contribution >= 4 is 11.9 Å². The molecule has 2 saturated heterocycles. The first-order chi connectivity index (χ1) is 9.99. The van der Waals surface area contributed by atoms with Crippen LogP contribution in [0.3, 0.4) is 0 Å². The van der Waals surface area contributed by atoms with Gasteiger partial charge in [-0.25, -0.2) is 4.79 Å². The van der Waals surface area contributed by atoms with Gasteiger partial charge in [-0.3, -0.25) is 4.79 Å². The number of urea groups is 1. The van der Waals surface area contributed by atoms with E-state index in [2.05, 4.69) is 5.32 Å². The molecular formula is C15H28N4O2. The highest BCUT2D eigenvalue weighted by Crippen LogP contribution is 2.14. The molecule has 0 saturated carbocycles. The van der Waals surface area contributed by atoms with Gasteiger partial charge in [0.25, 0.3) is 0 Å². The molecule has 1 atom stereocenters.